The molecule has 1 amide bonds. The number of aromatic nitrogens is 2. The summed E-state index contributed by atoms with van der Waals surface area (Å²) in [6, 6.07) is 11.1. The molecule has 130 valence electrons. The van der Waals surface area contributed by atoms with Crippen LogP contribution in [0.4, 0.5) is 5.82 Å². The fourth-order valence-corrected chi connectivity index (χ4v) is 3.23. The number of nitrogen functional groups attached to an aromatic ring is 1. The van der Waals surface area contributed by atoms with Gasteiger partial charge in [0.05, 0.1) is 31.2 Å². The summed E-state index contributed by atoms with van der Waals surface area (Å²) in [5, 5.41) is 13.1. The zero-order chi connectivity index (χ0) is 17.8. The van der Waals surface area contributed by atoms with Gasteiger partial charge in [-0.05, 0) is 30.2 Å². The molecule has 3 rings (SSSR count). The monoisotopic (exact) mass is 339 g/mol. The average molecular weight is 339 g/mol. The fourth-order valence-electron chi connectivity index (χ4n) is 3.23. The number of hydrogen-bond acceptors (Lipinski definition) is 5. The van der Waals surface area contributed by atoms with Crippen molar-refractivity contribution in [2.24, 2.45) is 0 Å². The molecule has 25 heavy (non-hydrogen) atoms. The third kappa shape index (κ3) is 3.80. The minimum absolute atomic E-state index is 0.00384. The van der Waals surface area contributed by atoms with Crippen LogP contribution in [0.2, 0.25) is 0 Å². The number of carbonyl (C=O) groups excluding carboxylic acids is 1. The summed E-state index contributed by atoms with van der Waals surface area (Å²) < 4.78 is 7.23. The summed E-state index contributed by atoms with van der Waals surface area (Å²) in [6.07, 6.45) is 2.85. The van der Waals surface area contributed by atoms with Gasteiger partial charge < -0.3 is 15.4 Å². The molecular formula is C18H21N5O2. The first kappa shape index (κ1) is 17.0. The molecule has 1 aromatic carbocycles. The van der Waals surface area contributed by atoms with Gasteiger partial charge in [-0.1, -0.05) is 12.1 Å². The van der Waals surface area contributed by atoms with Gasteiger partial charge >= 0.3 is 0 Å². The Morgan fingerprint density at radius 2 is 2.32 bits per heavy atom. The number of nitrogens with two attached hydrogens (primary N) is 1. The van der Waals surface area contributed by atoms with Gasteiger partial charge in [0.2, 0.25) is 0 Å². The number of benzene rings is 1. The summed E-state index contributed by atoms with van der Waals surface area (Å²) in [6.45, 7) is 1.11. The lowest BCUT2D eigenvalue weighted by Crippen LogP contribution is -2.38. The first-order valence-corrected chi connectivity index (χ1v) is 8.19. The minimum Gasteiger partial charge on any atom is -0.382 e. The Hall–Kier alpha value is -2.85. The number of hydrogen-bond donors (Lipinski definition) is 1. The van der Waals surface area contributed by atoms with Gasteiger partial charge in [-0.2, -0.15) is 10.4 Å². The molecule has 1 aliphatic rings. The van der Waals surface area contributed by atoms with Crippen molar-refractivity contribution in [3.63, 3.8) is 0 Å². The van der Waals surface area contributed by atoms with Crippen molar-refractivity contribution >= 4 is 11.7 Å². The van der Waals surface area contributed by atoms with E-state index in [0.29, 0.717) is 24.5 Å². The maximum atomic E-state index is 13.0. The number of carbonyl (C=O) groups is 1. The van der Waals surface area contributed by atoms with Crippen molar-refractivity contribution in [2.75, 3.05) is 19.4 Å². The van der Waals surface area contributed by atoms with Gasteiger partial charge in [-0.15, -0.1) is 0 Å². The summed E-state index contributed by atoms with van der Waals surface area (Å²) >= 11 is 0. The Labute approximate surface area is 146 Å². The van der Waals surface area contributed by atoms with Crippen LogP contribution in [0.15, 0.2) is 36.5 Å². The maximum absolute atomic E-state index is 13.0. The molecule has 1 fully saturated rings. The molecule has 1 aliphatic heterocycles. The summed E-state index contributed by atoms with van der Waals surface area (Å²) in [4.78, 5) is 14.8. The van der Waals surface area contributed by atoms with E-state index in [1.807, 2.05) is 23.2 Å². The van der Waals surface area contributed by atoms with Crippen LogP contribution in [0.5, 0.6) is 0 Å². The van der Waals surface area contributed by atoms with Gasteiger partial charge in [0, 0.05) is 25.4 Å². The maximum Gasteiger partial charge on any atom is 0.254 e. The highest BCUT2D eigenvalue weighted by Crippen LogP contribution is 2.24. The topological polar surface area (TPSA) is 97.2 Å². The van der Waals surface area contributed by atoms with Crippen LogP contribution in [0, 0.1) is 11.3 Å². The van der Waals surface area contributed by atoms with Crippen LogP contribution in [0.25, 0.3) is 0 Å². The molecule has 0 saturated carbocycles. The van der Waals surface area contributed by atoms with Crippen LogP contribution in [-0.4, -0.2) is 46.4 Å². The number of anilines is 1. The van der Waals surface area contributed by atoms with Gasteiger partial charge in [-0.3, -0.25) is 9.48 Å². The molecule has 0 radical (unpaired) electrons. The number of ether oxygens (including phenoxy) is 1. The predicted molar refractivity (Wildman–Crippen MR) is 92.6 cm³/mol. The van der Waals surface area contributed by atoms with Crippen LogP contribution < -0.4 is 5.73 Å². The van der Waals surface area contributed by atoms with Crippen molar-refractivity contribution in [2.45, 2.75) is 31.5 Å². The molecule has 0 bridgehead atoms. The number of methoxy groups -OCH3 is 1. The smallest absolute Gasteiger partial charge is 0.254 e. The minimum atomic E-state index is -0.0514. The molecule has 1 saturated heterocycles. The standard InChI is InChI=1S/C18H21N5O2/c1-25-16-10-15(11-22-8-6-17(20)21-22)23(12-16)18(24)14-4-2-3-13(9-14)5-7-19/h2-4,6,8-9,15-16H,5,10-12H2,1H3,(H2,20,21)/t15-,16-/m0/s1. The molecule has 2 heterocycles. The molecule has 2 atom stereocenters. The lowest BCUT2D eigenvalue weighted by atomic mass is 10.1. The summed E-state index contributed by atoms with van der Waals surface area (Å²) in [7, 11) is 1.66. The second-order valence-corrected chi connectivity index (χ2v) is 6.20. The predicted octanol–water partition coefficient (Wildman–Crippen LogP) is 1.46. The van der Waals surface area contributed by atoms with Crippen LogP contribution in [0.1, 0.15) is 22.3 Å². The zero-order valence-electron chi connectivity index (χ0n) is 14.1. The normalized spacial score (nSPS) is 19.8. The third-order valence-corrected chi connectivity index (χ3v) is 4.49. The molecule has 0 aliphatic carbocycles. The quantitative estimate of drug-likeness (QED) is 0.889. The number of nitriles is 1. The fraction of sp³-hybridized carbons (Fsp3) is 0.389. The molecule has 0 spiro atoms. The average Bonchev–Trinajstić information content (AvgIpc) is 3.21. The van der Waals surface area contributed by atoms with Crippen LogP contribution >= 0.6 is 0 Å². The third-order valence-electron chi connectivity index (χ3n) is 4.49. The number of likely N-dealkylation sites (tertiary alicyclic amines) is 1. The van der Waals surface area contributed by atoms with Crippen LogP contribution in [-0.2, 0) is 17.7 Å². The van der Waals surface area contributed by atoms with Crippen molar-refractivity contribution in [1.29, 1.82) is 5.26 Å². The summed E-state index contributed by atoms with van der Waals surface area (Å²) in [5.74, 6) is 0.410. The second-order valence-electron chi connectivity index (χ2n) is 6.20. The lowest BCUT2D eigenvalue weighted by Gasteiger charge is -2.24. The van der Waals surface area contributed by atoms with Crippen molar-refractivity contribution < 1.29 is 9.53 Å². The molecule has 2 aromatic rings. The van der Waals surface area contributed by atoms with E-state index in [0.717, 1.165) is 12.0 Å². The highest BCUT2D eigenvalue weighted by molar-refractivity contribution is 5.94. The Bertz CT molecular complexity index is 795. The van der Waals surface area contributed by atoms with Gasteiger partial charge in [0.15, 0.2) is 0 Å². The number of nitrogens with zero attached hydrogens (tertiary/aromatic N) is 4. The molecule has 1 aromatic heterocycles. The van der Waals surface area contributed by atoms with E-state index in [-0.39, 0.29) is 24.5 Å². The van der Waals surface area contributed by atoms with E-state index in [2.05, 4.69) is 11.2 Å². The molecule has 0 unspecified atom stereocenters. The van der Waals surface area contributed by atoms with Crippen LogP contribution in [0.3, 0.4) is 0 Å². The largest absolute Gasteiger partial charge is 0.382 e. The van der Waals surface area contributed by atoms with E-state index < -0.39 is 0 Å². The van der Waals surface area contributed by atoms with E-state index in [9.17, 15) is 4.79 Å². The Balaban J connectivity index is 1.80. The second kappa shape index (κ2) is 7.36. The molecule has 7 heteroatoms. The highest BCUT2D eigenvalue weighted by Gasteiger charge is 2.36. The molecular weight excluding hydrogens is 318 g/mol. The van der Waals surface area contributed by atoms with Gasteiger partial charge in [0.25, 0.3) is 5.91 Å². The first-order valence-electron chi connectivity index (χ1n) is 8.19. The highest BCUT2D eigenvalue weighted by atomic mass is 16.5. The number of amides is 1. The van der Waals surface area contributed by atoms with E-state index in [1.54, 1.807) is 30.0 Å². The van der Waals surface area contributed by atoms with Gasteiger partial charge in [-0.25, -0.2) is 0 Å². The van der Waals surface area contributed by atoms with Crippen molar-refractivity contribution in [1.82, 2.24) is 14.7 Å². The Kier molecular flexibility index (Phi) is 5.00. The SMILES string of the molecule is CO[C@H]1C[C@@H](Cn2ccc(N)n2)N(C(=O)c2cccc(CC#N)c2)C1. The van der Waals surface area contributed by atoms with Crippen molar-refractivity contribution in [3.05, 3.63) is 47.7 Å². The first-order chi connectivity index (χ1) is 12.1. The summed E-state index contributed by atoms with van der Waals surface area (Å²) in [5.41, 5.74) is 7.11. The van der Waals surface area contributed by atoms with Gasteiger partial charge in [0.1, 0.15) is 5.82 Å². The lowest BCUT2D eigenvalue weighted by molar-refractivity contribution is 0.0678. The van der Waals surface area contributed by atoms with E-state index >= 15 is 0 Å². The molecule has 2 N–H and O–H groups in total. The zero-order valence-corrected chi connectivity index (χ0v) is 14.1. The van der Waals surface area contributed by atoms with Crippen molar-refractivity contribution in [3.8, 4) is 6.07 Å². The molecule has 7 nitrogen and oxygen atoms in total. The number of rotatable bonds is 5. The van der Waals surface area contributed by atoms with E-state index in [1.165, 1.54) is 0 Å². The van der Waals surface area contributed by atoms with E-state index in [4.69, 9.17) is 15.7 Å². The Morgan fingerprint density at radius 3 is 3.00 bits per heavy atom. The Morgan fingerprint density at radius 1 is 1.48 bits per heavy atom.